The Morgan fingerprint density at radius 2 is 2.05 bits per heavy atom. The summed E-state index contributed by atoms with van der Waals surface area (Å²) in [6.07, 6.45) is 1.38. The zero-order chi connectivity index (χ0) is 14.5. The first kappa shape index (κ1) is 13.1. The molecule has 102 valence electrons. The van der Waals surface area contributed by atoms with Crippen molar-refractivity contribution in [2.24, 2.45) is 15.9 Å². The largest absolute Gasteiger partial charge is 0.380 e. The lowest BCUT2D eigenvalue weighted by molar-refractivity contribution is -0.384. The maximum atomic E-state index is 10.5. The van der Waals surface area contributed by atoms with E-state index in [1.54, 1.807) is 0 Å². The first-order chi connectivity index (χ1) is 9.58. The Kier molecular flexibility index (Phi) is 3.65. The highest BCUT2D eigenvalue weighted by atomic mass is 16.6. The first-order valence-electron chi connectivity index (χ1n) is 5.27. The van der Waals surface area contributed by atoms with Crippen molar-refractivity contribution in [2.45, 2.75) is 0 Å². The zero-order valence-electron chi connectivity index (χ0n) is 10.0. The van der Waals surface area contributed by atoms with Crippen molar-refractivity contribution in [3.05, 3.63) is 45.6 Å². The van der Waals surface area contributed by atoms with Gasteiger partial charge in [-0.1, -0.05) is 0 Å². The lowest BCUT2D eigenvalue weighted by Crippen LogP contribution is -2.15. The summed E-state index contributed by atoms with van der Waals surface area (Å²) >= 11 is 0. The van der Waals surface area contributed by atoms with Crippen molar-refractivity contribution >= 4 is 23.6 Å². The van der Waals surface area contributed by atoms with E-state index < -0.39 is 4.92 Å². The monoisotopic (exact) mass is 275 g/mol. The van der Waals surface area contributed by atoms with Crippen LogP contribution in [0.4, 0.5) is 11.5 Å². The van der Waals surface area contributed by atoms with E-state index in [2.05, 4.69) is 25.1 Å². The van der Waals surface area contributed by atoms with Gasteiger partial charge in [0, 0.05) is 12.1 Å². The molecule has 10 heteroatoms. The highest BCUT2D eigenvalue weighted by Gasteiger charge is 2.09. The van der Waals surface area contributed by atoms with Gasteiger partial charge in [-0.2, -0.15) is 5.10 Å². The van der Waals surface area contributed by atoms with Gasteiger partial charge in [-0.15, -0.1) is 5.10 Å². The number of nitro benzene ring substituents is 1. The quantitative estimate of drug-likeness (QED) is 0.351. The molecule has 0 saturated heterocycles. The van der Waals surface area contributed by atoms with Crippen LogP contribution < -0.4 is 11.5 Å². The van der Waals surface area contributed by atoms with Crippen LogP contribution in [0.3, 0.4) is 0 Å². The summed E-state index contributed by atoms with van der Waals surface area (Å²) < 4.78 is 4.37. The smallest absolute Gasteiger partial charge is 0.269 e. The number of non-ortho nitro benzene ring substituents is 1. The highest BCUT2D eigenvalue weighted by molar-refractivity contribution is 5.99. The lowest BCUT2D eigenvalue weighted by atomic mass is 10.2. The summed E-state index contributed by atoms with van der Waals surface area (Å²) in [5, 5.41) is 24.7. The molecule has 10 nitrogen and oxygen atoms in total. The fourth-order valence-electron chi connectivity index (χ4n) is 1.26. The van der Waals surface area contributed by atoms with E-state index in [1.165, 1.54) is 30.5 Å². The Morgan fingerprint density at radius 1 is 1.35 bits per heavy atom. The van der Waals surface area contributed by atoms with Crippen molar-refractivity contribution in [1.29, 1.82) is 0 Å². The molecule has 0 aliphatic carbocycles. The Morgan fingerprint density at radius 3 is 2.60 bits per heavy atom. The minimum Gasteiger partial charge on any atom is -0.380 e. The van der Waals surface area contributed by atoms with E-state index in [9.17, 15) is 10.1 Å². The van der Waals surface area contributed by atoms with Gasteiger partial charge in [0.1, 0.15) is 0 Å². The van der Waals surface area contributed by atoms with Gasteiger partial charge in [-0.05, 0) is 28.0 Å². The second kappa shape index (κ2) is 5.56. The predicted molar refractivity (Wildman–Crippen MR) is 70.1 cm³/mol. The second-order valence-corrected chi connectivity index (χ2v) is 3.58. The Bertz CT molecular complexity index is 674. The van der Waals surface area contributed by atoms with Crippen LogP contribution in [0.1, 0.15) is 11.3 Å². The third-order valence-electron chi connectivity index (χ3n) is 2.23. The number of hydrogen-bond acceptors (Lipinski definition) is 8. The number of nitrogens with zero attached hydrogens (tertiary/aromatic N) is 5. The number of nitrogen functional groups attached to an aromatic ring is 1. The predicted octanol–water partition coefficient (Wildman–Crippen LogP) is 0.299. The van der Waals surface area contributed by atoms with Gasteiger partial charge in [0.2, 0.25) is 0 Å². The fourth-order valence-corrected chi connectivity index (χ4v) is 1.26. The Balaban J connectivity index is 2.10. The topological polar surface area (TPSA) is 159 Å². The van der Waals surface area contributed by atoms with Gasteiger partial charge in [-0.25, -0.2) is 4.63 Å². The minimum atomic E-state index is -0.489. The molecule has 4 N–H and O–H groups in total. The summed E-state index contributed by atoms with van der Waals surface area (Å²) in [5.74, 6) is -0.0429. The summed E-state index contributed by atoms with van der Waals surface area (Å²) in [5.41, 5.74) is 11.7. The molecular formula is C10H9N7O3. The molecule has 1 aromatic carbocycles. The molecule has 20 heavy (non-hydrogen) atoms. The molecule has 0 radical (unpaired) electrons. The van der Waals surface area contributed by atoms with Gasteiger partial charge in [0.25, 0.3) is 5.69 Å². The third-order valence-corrected chi connectivity index (χ3v) is 2.23. The number of hydrogen-bond donors (Lipinski definition) is 2. The van der Waals surface area contributed by atoms with Crippen molar-refractivity contribution < 1.29 is 9.55 Å². The van der Waals surface area contributed by atoms with Crippen LogP contribution >= 0.6 is 0 Å². The average molecular weight is 275 g/mol. The SMILES string of the molecule is N/C(=N/N=C\c1ccc([N+](=O)[O-])cc1)c1nonc1N. The average Bonchev–Trinajstić information content (AvgIpc) is 2.85. The van der Waals surface area contributed by atoms with Gasteiger partial charge in [0.15, 0.2) is 17.3 Å². The number of nitro groups is 1. The summed E-state index contributed by atoms with van der Waals surface area (Å²) in [6, 6.07) is 5.76. The fraction of sp³-hybridized carbons (Fsp3) is 0. The van der Waals surface area contributed by atoms with Crippen LogP contribution in [0.5, 0.6) is 0 Å². The molecule has 0 aliphatic rings. The molecule has 0 aliphatic heterocycles. The Hall–Kier alpha value is -3.30. The van der Waals surface area contributed by atoms with Crippen molar-refractivity contribution in [3.8, 4) is 0 Å². The molecule has 0 bridgehead atoms. The molecule has 2 aromatic rings. The first-order valence-corrected chi connectivity index (χ1v) is 5.27. The maximum absolute atomic E-state index is 10.5. The number of anilines is 1. The molecule has 1 aromatic heterocycles. The van der Waals surface area contributed by atoms with Gasteiger partial charge in [-0.3, -0.25) is 10.1 Å². The third kappa shape index (κ3) is 2.93. The van der Waals surface area contributed by atoms with Crippen LogP contribution in [-0.4, -0.2) is 27.3 Å². The second-order valence-electron chi connectivity index (χ2n) is 3.58. The van der Waals surface area contributed by atoms with Crippen LogP contribution in [0, 0.1) is 10.1 Å². The zero-order valence-corrected chi connectivity index (χ0v) is 10.0. The van der Waals surface area contributed by atoms with E-state index in [0.717, 1.165) is 0 Å². The molecule has 0 saturated carbocycles. The normalized spacial score (nSPS) is 11.9. The summed E-state index contributed by atoms with van der Waals surface area (Å²) in [6.45, 7) is 0. The summed E-state index contributed by atoms with van der Waals surface area (Å²) in [4.78, 5) is 9.99. The number of amidine groups is 1. The molecule has 0 fully saturated rings. The number of rotatable bonds is 4. The van der Waals surface area contributed by atoms with E-state index in [-0.39, 0.29) is 23.0 Å². The number of aromatic nitrogens is 2. The van der Waals surface area contributed by atoms with Gasteiger partial charge in [0.05, 0.1) is 11.1 Å². The molecule has 0 spiro atoms. The molecule has 0 amide bonds. The molecule has 1 heterocycles. The number of nitrogens with two attached hydrogens (primary N) is 2. The molecule has 0 unspecified atom stereocenters. The molecular weight excluding hydrogens is 266 g/mol. The van der Waals surface area contributed by atoms with Gasteiger partial charge >= 0.3 is 0 Å². The van der Waals surface area contributed by atoms with E-state index >= 15 is 0 Å². The lowest BCUT2D eigenvalue weighted by Gasteiger charge is -1.93. The van der Waals surface area contributed by atoms with E-state index in [0.29, 0.717) is 5.56 Å². The van der Waals surface area contributed by atoms with Crippen molar-refractivity contribution in [2.75, 3.05) is 5.73 Å². The molecule has 2 rings (SSSR count). The highest BCUT2D eigenvalue weighted by Crippen LogP contribution is 2.10. The van der Waals surface area contributed by atoms with E-state index in [4.69, 9.17) is 11.5 Å². The van der Waals surface area contributed by atoms with E-state index in [1.807, 2.05) is 0 Å². The standard InChI is InChI=1S/C10H9N7O3/c11-9(8-10(12)16-20-15-8)14-13-5-6-1-3-7(4-2-6)17(18)19/h1-5H,(H2,11,14)(H2,12,16)/b13-5-. The number of benzene rings is 1. The minimum absolute atomic E-state index is 0.00777. The van der Waals surface area contributed by atoms with Crippen molar-refractivity contribution in [3.63, 3.8) is 0 Å². The maximum Gasteiger partial charge on any atom is 0.269 e. The van der Waals surface area contributed by atoms with Crippen LogP contribution in [0.2, 0.25) is 0 Å². The van der Waals surface area contributed by atoms with Crippen LogP contribution in [-0.2, 0) is 0 Å². The van der Waals surface area contributed by atoms with Crippen molar-refractivity contribution in [1.82, 2.24) is 10.3 Å². The van der Waals surface area contributed by atoms with Gasteiger partial charge < -0.3 is 11.5 Å². The summed E-state index contributed by atoms with van der Waals surface area (Å²) in [7, 11) is 0. The Labute approximate surface area is 111 Å². The molecule has 0 atom stereocenters. The van der Waals surface area contributed by atoms with Crippen LogP contribution in [0.15, 0.2) is 39.1 Å². The van der Waals surface area contributed by atoms with Crippen LogP contribution in [0.25, 0.3) is 0 Å².